The predicted molar refractivity (Wildman–Crippen MR) is 104 cm³/mol. The summed E-state index contributed by atoms with van der Waals surface area (Å²) in [7, 11) is 0. The van der Waals surface area contributed by atoms with Crippen molar-refractivity contribution in [1.82, 2.24) is 5.43 Å². The smallest absolute Gasteiger partial charge is 0.280 e. The van der Waals surface area contributed by atoms with Crippen LogP contribution in [0.5, 0.6) is 5.75 Å². The van der Waals surface area contributed by atoms with Crippen LogP contribution in [0.3, 0.4) is 0 Å². The van der Waals surface area contributed by atoms with Crippen molar-refractivity contribution in [3.8, 4) is 16.9 Å². The lowest BCUT2D eigenvalue weighted by molar-refractivity contribution is -0.127. The molecular weight excluding hydrogens is 343 g/mol. The summed E-state index contributed by atoms with van der Waals surface area (Å²) in [5, 5.41) is 3.77. The van der Waals surface area contributed by atoms with E-state index >= 15 is 0 Å². The Morgan fingerprint density at radius 1 is 0.963 bits per heavy atom. The first-order valence-corrected chi connectivity index (χ1v) is 8.53. The van der Waals surface area contributed by atoms with Crippen LogP contribution in [-0.2, 0) is 4.79 Å². The number of hydrazone groups is 1. The molecule has 1 amide bonds. The summed E-state index contributed by atoms with van der Waals surface area (Å²) >= 11 is 0. The van der Waals surface area contributed by atoms with Crippen LogP contribution in [0.15, 0.2) is 84.0 Å². The van der Waals surface area contributed by atoms with Crippen LogP contribution in [-0.4, -0.2) is 18.2 Å². The number of carbonyl (C=O) groups is 1. The van der Waals surface area contributed by atoms with Crippen LogP contribution < -0.4 is 10.2 Å². The van der Waals surface area contributed by atoms with Crippen molar-refractivity contribution in [3.05, 3.63) is 90.2 Å². The van der Waals surface area contributed by atoms with E-state index in [-0.39, 0.29) is 0 Å². The van der Waals surface area contributed by atoms with E-state index in [9.17, 15) is 9.18 Å². The molecule has 0 aliphatic carbocycles. The van der Waals surface area contributed by atoms with Gasteiger partial charge in [0.25, 0.3) is 5.91 Å². The van der Waals surface area contributed by atoms with Gasteiger partial charge in [-0.05, 0) is 36.2 Å². The molecule has 0 aliphatic rings. The molecule has 1 unspecified atom stereocenters. The van der Waals surface area contributed by atoms with E-state index in [0.29, 0.717) is 11.3 Å². The number of halogens is 1. The standard InChI is InChI=1S/C22H19FN2O2/c1-16(22(26)25-24-15-19-9-5-6-10-21(19)23)27-20-13-11-18(12-14-20)17-7-3-2-4-8-17/h2-16H,1H3,(H,25,26)/b24-15+. The van der Waals surface area contributed by atoms with Gasteiger partial charge in [-0.1, -0.05) is 60.7 Å². The third-order valence-electron chi connectivity index (χ3n) is 3.93. The summed E-state index contributed by atoms with van der Waals surface area (Å²) in [6, 6.07) is 23.7. The number of hydrogen-bond acceptors (Lipinski definition) is 3. The Kier molecular flexibility index (Phi) is 5.94. The second-order valence-electron chi connectivity index (χ2n) is 5.91. The molecule has 136 valence electrons. The zero-order chi connectivity index (χ0) is 19.1. The number of carbonyl (C=O) groups excluding carboxylic acids is 1. The highest BCUT2D eigenvalue weighted by molar-refractivity contribution is 5.84. The van der Waals surface area contributed by atoms with Gasteiger partial charge in [-0.25, -0.2) is 9.82 Å². The molecule has 27 heavy (non-hydrogen) atoms. The van der Waals surface area contributed by atoms with Crippen molar-refractivity contribution in [3.63, 3.8) is 0 Å². The second kappa shape index (κ2) is 8.76. The van der Waals surface area contributed by atoms with Crippen molar-refractivity contribution in [2.45, 2.75) is 13.0 Å². The van der Waals surface area contributed by atoms with Crippen molar-refractivity contribution in [2.24, 2.45) is 5.10 Å². The van der Waals surface area contributed by atoms with Crippen molar-refractivity contribution in [2.75, 3.05) is 0 Å². The van der Waals surface area contributed by atoms with Gasteiger partial charge < -0.3 is 4.74 Å². The molecule has 1 N–H and O–H groups in total. The van der Waals surface area contributed by atoms with Crippen LogP contribution in [0.25, 0.3) is 11.1 Å². The lowest BCUT2D eigenvalue weighted by Crippen LogP contribution is -2.33. The fourth-order valence-corrected chi connectivity index (χ4v) is 2.45. The molecule has 0 heterocycles. The maximum absolute atomic E-state index is 13.5. The summed E-state index contributed by atoms with van der Waals surface area (Å²) in [5.41, 5.74) is 4.82. The van der Waals surface area contributed by atoms with Crippen molar-refractivity contribution >= 4 is 12.1 Å². The Bertz CT molecular complexity index is 925. The summed E-state index contributed by atoms with van der Waals surface area (Å²) in [6.45, 7) is 1.62. The SMILES string of the molecule is CC(Oc1ccc(-c2ccccc2)cc1)C(=O)N/N=C/c1ccccc1F. The Morgan fingerprint density at radius 2 is 1.59 bits per heavy atom. The topological polar surface area (TPSA) is 50.7 Å². The van der Waals surface area contributed by atoms with Gasteiger partial charge in [0, 0.05) is 5.56 Å². The Balaban J connectivity index is 1.56. The van der Waals surface area contributed by atoms with Crippen molar-refractivity contribution < 1.29 is 13.9 Å². The first-order valence-electron chi connectivity index (χ1n) is 8.53. The second-order valence-corrected chi connectivity index (χ2v) is 5.91. The lowest BCUT2D eigenvalue weighted by atomic mass is 10.1. The molecule has 0 radical (unpaired) electrons. The number of ether oxygens (including phenoxy) is 1. The minimum absolute atomic E-state index is 0.294. The largest absolute Gasteiger partial charge is 0.481 e. The van der Waals surface area contributed by atoms with Crippen molar-refractivity contribution in [1.29, 1.82) is 0 Å². The van der Waals surface area contributed by atoms with Gasteiger partial charge in [0.1, 0.15) is 11.6 Å². The molecular formula is C22H19FN2O2. The molecule has 3 aromatic rings. The Labute approximate surface area is 157 Å². The molecule has 5 heteroatoms. The normalized spacial score (nSPS) is 11.9. The molecule has 0 aromatic heterocycles. The van der Waals surface area contributed by atoms with E-state index in [1.165, 1.54) is 12.3 Å². The van der Waals surface area contributed by atoms with E-state index in [2.05, 4.69) is 10.5 Å². The van der Waals surface area contributed by atoms with Crippen LogP contribution in [0.1, 0.15) is 12.5 Å². The maximum Gasteiger partial charge on any atom is 0.280 e. The average Bonchev–Trinajstić information content (AvgIpc) is 2.70. The third-order valence-corrected chi connectivity index (χ3v) is 3.93. The third kappa shape index (κ3) is 5.01. The number of nitrogens with zero attached hydrogens (tertiary/aromatic N) is 1. The highest BCUT2D eigenvalue weighted by Crippen LogP contribution is 2.22. The first kappa shape index (κ1) is 18.3. The maximum atomic E-state index is 13.5. The number of rotatable bonds is 6. The van der Waals surface area contributed by atoms with Gasteiger partial charge in [0.2, 0.25) is 0 Å². The van der Waals surface area contributed by atoms with Crippen LogP contribution in [0, 0.1) is 5.82 Å². The predicted octanol–water partition coefficient (Wildman–Crippen LogP) is 4.41. The van der Waals surface area contributed by atoms with E-state index in [4.69, 9.17) is 4.74 Å². The minimum Gasteiger partial charge on any atom is -0.481 e. The molecule has 3 aromatic carbocycles. The number of nitrogens with one attached hydrogen (secondary N) is 1. The summed E-state index contributed by atoms with van der Waals surface area (Å²) in [4.78, 5) is 12.1. The zero-order valence-corrected chi connectivity index (χ0v) is 14.8. The molecule has 0 saturated carbocycles. The van der Waals surface area contributed by atoms with Gasteiger partial charge in [-0.3, -0.25) is 4.79 Å². The summed E-state index contributed by atoms with van der Waals surface area (Å²) in [6.07, 6.45) is 0.513. The van der Waals surface area contributed by atoms with Gasteiger partial charge in [-0.15, -0.1) is 0 Å². The van der Waals surface area contributed by atoms with Gasteiger partial charge >= 0.3 is 0 Å². The monoisotopic (exact) mass is 362 g/mol. The Hall–Kier alpha value is -3.47. The quantitative estimate of drug-likeness (QED) is 0.522. The molecule has 4 nitrogen and oxygen atoms in total. The fraction of sp³-hybridized carbons (Fsp3) is 0.0909. The first-order chi connectivity index (χ1) is 13.1. The highest BCUT2D eigenvalue weighted by atomic mass is 19.1. The molecule has 0 saturated heterocycles. The average molecular weight is 362 g/mol. The van der Waals surface area contributed by atoms with E-state index in [1.54, 1.807) is 25.1 Å². The number of hydrogen-bond donors (Lipinski definition) is 1. The molecule has 0 aliphatic heterocycles. The van der Waals surface area contributed by atoms with E-state index in [1.807, 2.05) is 54.6 Å². The minimum atomic E-state index is -0.745. The van der Waals surface area contributed by atoms with Gasteiger partial charge in [-0.2, -0.15) is 5.10 Å². The molecule has 0 spiro atoms. The fourth-order valence-electron chi connectivity index (χ4n) is 2.45. The molecule has 1 atom stereocenters. The van der Waals surface area contributed by atoms with Gasteiger partial charge in [0.15, 0.2) is 6.10 Å². The molecule has 3 rings (SSSR count). The molecule has 0 fully saturated rings. The lowest BCUT2D eigenvalue weighted by Gasteiger charge is -2.13. The highest BCUT2D eigenvalue weighted by Gasteiger charge is 2.14. The van der Waals surface area contributed by atoms with Crippen LogP contribution in [0.2, 0.25) is 0 Å². The van der Waals surface area contributed by atoms with Crippen LogP contribution in [0.4, 0.5) is 4.39 Å². The van der Waals surface area contributed by atoms with Crippen LogP contribution >= 0.6 is 0 Å². The number of benzene rings is 3. The van der Waals surface area contributed by atoms with E-state index in [0.717, 1.165) is 11.1 Å². The Morgan fingerprint density at radius 3 is 2.30 bits per heavy atom. The van der Waals surface area contributed by atoms with E-state index < -0.39 is 17.8 Å². The summed E-state index contributed by atoms with van der Waals surface area (Å²) < 4.78 is 19.1. The zero-order valence-electron chi connectivity index (χ0n) is 14.8. The van der Waals surface area contributed by atoms with Gasteiger partial charge in [0.05, 0.1) is 6.21 Å². The number of amides is 1. The summed E-state index contributed by atoms with van der Waals surface area (Å²) in [5.74, 6) is -0.247. The molecule has 0 bridgehead atoms.